The van der Waals surface area contributed by atoms with Crippen molar-refractivity contribution in [1.29, 1.82) is 0 Å². The molecule has 0 aliphatic carbocycles. The van der Waals surface area contributed by atoms with Gasteiger partial charge in [-0.1, -0.05) is 12.2 Å². The summed E-state index contributed by atoms with van der Waals surface area (Å²) in [4.78, 5) is 0. The lowest BCUT2D eigenvalue weighted by atomic mass is 10.0. The maximum Gasteiger partial charge on any atom is 0.400 e. The van der Waals surface area contributed by atoms with Gasteiger partial charge in [0.05, 0.1) is 0 Å². The molecule has 0 spiro atoms. The molecular formula is C9H11F6. The molecule has 0 aliphatic rings. The Morgan fingerprint density at radius 1 is 0.933 bits per heavy atom. The van der Waals surface area contributed by atoms with Crippen LogP contribution in [0.15, 0.2) is 12.2 Å². The van der Waals surface area contributed by atoms with Crippen LogP contribution in [0.4, 0.5) is 26.3 Å². The first-order chi connectivity index (χ1) is 6.69. The highest BCUT2D eigenvalue weighted by Gasteiger charge is 2.55. The fourth-order valence-corrected chi connectivity index (χ4v) is 1.01. The molecule has 0 rings (SSSR count). The van der Waals surface area contributed by atoms with Crippen LogP contribution in [0.25, 0.3) is 0 Å². The summed E-state index contributed by atoms with van der Waals surface area (Å²) in [5.41, 5.74) is 0. The Morgan fingerprint density at radius 3 is 1.73 bits per heavy atom. The minimum Gasteiger partial charge on any atom is -0.170 e. The summed E-state index contributed by atoms with van der Waals surface area (Å²) in [6.45, 7) is 3.37. The van der Waals surface area contributed by atoms with Gasteiger partial charge in [-0.3, -0.25) is 0 Å². The quantitative estimate of drug-likeness (QED) is 0.502. The van der Waals surface area contributed by atoms with Gasteiger partial charge < -0.3 is 0 Å². The highest BCUT2D eigenvalue weighted by Crippen LogP contribution is 2.41. The Labute approximate surface area is 84.0 Å². The molecule has 0 nitrogen and oxygen atoms in total. The molecule has 0 heterocycles. The van der Waals surface area contributed by atoms with E-state index in [9.17, 15) is 26.3 Å². The predicted octanol–water partition coefficient (Wildman–Crippen LogP) is 4.29. The standard InChI is InChI=1S/C9H11F6/c1-2-3-4-5-6-7(8(10,11)12)9(13,14)15/h3-4,7H,1-2,5-6H2/b4-3+. The first kappa shape index (κ1) is 14.3. The van der Waals surface area contributed by atoms with E-state index in [0.717, 1.165) is 0 Å². The minimum absolute atomic E-state index is 0.251. The van der Waals surface area contributed by atoms with Gasteiger partial charge in [0.15, 0.2) is 5.92 Å². The molecule has 1 radical (unpaired) electrons. The average Bonchev–Trinajstić information content (AvgIpc) is 1.99. The van der Waals surface area contributed by atoms with Crippen LogP contribution in [-0.4, -0.2) is 12.4 Å². The molecule has 89 valence electrons. The molecule has 0 aliphatic heterocycles. The summed E-state index contributed by atoms with van der Waals surface area (Å²) >= 11 is 0. The van der Waals surface area contributed by atoms with Gasteiger partial charge in [-0.05, 0) is 26.2 Å². The smallest absolute Gasteiger partial charge is 0.170 e. The van der Waals surface area contributed by atoms with Gasteiger partial charge in [0.1, 0.15) is 0 Å². The van der Waals surface area contributed by atoms with Gasteiger partial charge in [0.25, 0.3) is 0 Å². The lowest BCUT2D eigenvalue weighted by Gasteiger charge is -2.22. The minimum atomic E-state index is -5.23. The lowest BCUT2D eigenvalue weighted by molar-refractivity contribution is -0.285. The fraction of sp³-hybridized carbons (Fsp3) is 0.667. The van der Waals surface area contributed by atoms with Gasteiger partial charge in [0, 0.05) is 0 Å². The summed E-state index contributed by atoms with van der Waals surface area (Å²) in [6.07, 6.45) is -8.61. The fourth-order valence-electron chi connectivity index (χ4n) is 1.01. The van der Waals surface area contributed by atoms with E-state index in [4.69, 9.17) is 0 Å². The van der Waals surface area contributed by atoms with E-state index in [1.165, 1.54) is 12.2 Å². The van der Waals surface area contributed by atoms with Crippen molar-refractivity contribution in [2.75, 3.05) is 0 Å². The Balaban J connectivity index is 4.35. The molecule has 0 fully saturated rings. The Hall–Kier alpha value is -0.680. The molecule has 0 atom stereocenters. The highest BCUT2D eigenvalue weighted by atomic mass is 19.4. The second kappa shape index (κ2) is 5.42. The van der Waals surface area contributed by atoms with Crippen molar-refractivity contribution in [3.05, 3.63) is 19.1 Å². The van der Waals surface area contributed by atoms with Crippen LogP contribution >= 0.6 is 0 Å². The van der Waals surface area contributed by atoms with Crippen molar-refractivity contribution < 1.29 is 26.3 Å². The third-order valence-corrected chi connectivity index (χ3v) is 1.75. The summed E-state index contributed by atoms with van der Waals surface area (Å²) in [6, 6.07) is 0. The predicted molar refractivity (Wildman–Crippen MR) is 43.9 cm³/mol. The van der Waals surface area contributed by atoms with Gasteiger partial charge >= 0.3 is 12.4 Å². The molecule has 0 bridgehead atoms. The van der Waals surface area contributed by atoms with Crippen molar-refractivity contribution in [1.82, 2.24) is 0 Å². The van der Waals surface area contributed by atoms with Gasteiger partial charge in [0.2, 0.25) is 0 Å². The molecule has 0 aromatic rings. The van der Waals surface area contributed by atoms with E-state index >= 15 is 0 Å². The first-order valence-electron chi connectivity index (χ1n) is 4.27. The van der Waals surface area contributed by atoms with E-state index in [1.807, 2.05) is 0 Å². The van der Waals surface area contributed by atoms with Crippen LogP contribution in [-0.2, 0) is 0 Å². The van der Waals surface area contributed by atoms with Crippen LogP contribution in [0.1, 0.15) is 19.3 Å². The monoisotopic (exact) mass is 233 g/mol. The van der Waals surface area contributed by atoms with Crippen molar-refractivity contribution in [3.63, 3.8) is 0 Å². The Bertz CT molecular complexity index is 186. The molecule has 0 saturated carbocycles. The van der Waals surface area contributed by atoms with Crippen LogP contribution in [0, 0.1) is 12.8 Å². The van der Waals surface area contributed by atoms with Gasteiger partial charge in [-0.15, -0.1) is 0 Å². The molecule has 15 heavy (non-hydrogen) atoms. The van der Waals surface area contributed by atoms with Crippen molar-refractivity contribution in [2.24, 2.45) is 5.92 Å². The normalized spacial score (nSPS) is 14.1. The molecule has 0 N–H and O–H groups in total. The second-order valence-electron chi connectivity index (χ2n) is 2.97. The number of rotatable bonds is 4. The summed E-state index contributed by atoms with van der Waals surface area (Å²) in [5.74, 6) is -3.24. The van der Waals surface area contributed by atoms with E-state index in [1.54, 1.807) is 0 Å². The van der Waals surface area contributed by atoms with Crippen molar-refractivity contribution in [3.8, 4) is 0 Å². The lowest BCUT2D eigenvalue weighted by Crippen LogP contribution is -2.36. The summed E-state index contributed by atoms with van der Waals surface area (Å²) in [5, 5.41) is 0. The maximum absolute atomic E-state index is 12.0. The zero-order valence-corrected chi connectivity index (χ0v) is 7.83. The number of hydrogen-bond donors (Lipinski definition) is 0. The summed E-state index contributed by atoms with van der Waals surface area (Å²) < 4.78 is 71.8. The molecule has 0 aromatic heterocycles. The largest absolute Gasteiger partial charge is 0.400 e. The number of halogens is 6. The number of allylic oxidation sites excluding steroid dienone is 2. The molecule has 0 aromatic carbocycles. The maximum atomic E-state index is 12.0. The zero-order valence-electron chi connectivity index (χ0n) is 7.83. The number of hydrogen-bond acceptors (Lipinski definition) is 0. The third-order valence-electron chi connectivity index (χ3n) is 1.75. The van der Waals surface area contributed by atoms with E-state index in [2.05, 4.69) is 6.92 Å². The molecule has 6 heteroatoms. The summed E-state index contributed by atoms with van der Waals surface area (Å²) in [7, 11) is 0. The Kier molecular flexibility index (Phi) is 5.17. The second-order valence-corrected chi connectivity index (χ2v) is 2.97. The SMILES string of the molecule is [CH2]C/C=C/CCC(C(F)(F)F)C(F)(F)F. The average molecular weight is 233 g/mol. The Morgan fingerprint density at radius 2 is 1.40 bits per heavy atom. The van der Waals surface area contributed by atoms with Gasteiger partial charge in [-0.2, -0.15) is 26.3 Å². The van der Waals surface area contributed by atoms with Crippen molar-refractivity contribution in [2.45, 2.75) is 31.6 Å². The van der Waals surface area contributed by atoms with E-state index < -0.39 is 24.7 Å². The van der Waals surface area contributed by atoms with Crippen LogP contribution in [0.2, 0.25) is 0 Å². The molecule has 0 unspecified atom stereocenters. The number of alkyl halides is 6. The molecule has 0 saturated heterocycles. The van der Waals surface area contributed by atoms with Crippen LogP contribution < -0.4 is 0 Å². The zero-order chi connectivity index (χ0) is 12.1. The van der Waals surface area contributed by atoms with E-state index in [-0.39, 0.29) is 6.42 Å². The topological polar surface area (TPSA) is 0 Å². The highest BCUT2D eigenvalue weighted by molar-refractivity contribution is 4.85. The van der Waals surface area contributed by atoms with Crippen LogP contribution in [0.3, 0.4) is 0 Å². The molecular weight excluding hydrogens is 222 g/mol. The first-order valence-corrected chi connectivity index (χ1v) is 4.27. The van der Waals surface area contributed by atoms with Gasteiger partial charge in [-0.25, -0.2) is 0 Å². The molecule has 0 amide bonds. The van der Waals surface area contributed by atoms with E-state index in [0.29, 0.717) is 6.42 Å². The van der Waals surface area contributed by atoms with Crippen molar-refractivity contribution >= 4 is 0 Å². The van der Waals surface area contributed by atoms with Crippen LogP contribution in [0.5, 0.6) is 0 Å². The third kappa shape index (κ3) is 5.69.